The fourth-order valence-corrected chi connectivity index (χ4v) is 4.42. The van der Waals surface area contributed by atoms with Gasteiger partial charge in [-0.3, -0.25) is 0 Å². The van der Waals surface area contributed by atoms with Crippen LogP contribution in [0.15, 0.2) is 60.7 Å². The van der Waals surface area contributed by atoms with Gasteiger partial charge in [0.15, 0.2) is 0 Å². The normalized spacial score (nSPS) is 13.1. The molecule has 0 heterocycles. The Morgan fingerprint density at radius 1 is 0.731 bits per heavy atom. The maximum atomic E-state index is 2.39. The zero-order chi connectivity index (χ0) is 17.5. The monoisotopic (exact) mass is 336 g/mol. The summed E-state index contributed by atoms with van der Waals surface area (Å²) >= 11 is 0. The summed E-state index contributed by atoms with van der Waals surface area (Å²) < 4.78 is 0. The van der Waals surface area contributed by atoms with Crippen molar-refractivity contribution < 1.29 is 0 Å². The molecule has 5 rings (SSSR count). The lowest BCUT2D eigenvalue weighted by Gasteiger charge is -2.10. The summed E-state index contributed by atoms with van der Waals surface area (Å²) in [6.45, 7) is 2.27. The lowest BCUT2D eigenvalue weighted by molar-refractivity contribution is 0.718. The molecule has 0 saturated carbocycles. The molecule has 26 heavy (non-hydrogen) atoms. The largest absolute Gasteiger partial charge is 0.0795 e. The Morgan fingerprint density at radius 3 is 2.54 bits per heavy atom. The van der Waals surface area contributed by atoms with Crippen molar-refractivity contribution in [1.29, 1.82) is 0 Å². The Kier molecular flexibility index (Phi) is 3.78. The van der Waals surface area contributed by atoms with E-state index >= 15 is 0 Å². The molecule has 0 unspecified atom stereocenters. The number of allylic oxidation sites excluding steroid dienone is 1. The molecule has 0 spiro atoms. The zero-order valence-corrected chi connectivity index (χ0v) is 15.4. The van der Waals surface area contributed by atoms with Crippen molar-refractivity contribution in [2.24, 2.45) is 0 Å². The number of unbranched alkanes of at least 4 members (excludes halogenated alkanes) is 2. The average Bonchev–Trinajstić information content (AvgIpc) is 3.15. The maximum absolute atomic E-state index is 2.39. The van der Waals surface area contributed by atoms with E-state index in [0.717, 1.165) is 6.42 Å². The van der Waals surface area contributed by atoms with Crippen LogP contribution in [0.25, 0.3) is 38.4 Å². The SMILES string of the molecule is CCCCCc1ccc2cc3c(ccc4c5c(ccc43)CC=C5)cc2c1. The van der Waals surface area contributed by atoms with E-state index in [-0.39, 0.29) is 0 Å². The highest BCUT2D eigenvalue weighted by Crippen LogP contribution is 2.35. The number of fused-ring (bicyclic) bond motifs is 6. The van der Waals surface area contributed by atoms with Gasteiger partial charge < -0.3 is 0 Å². The zero-order valence-electron chi connectivity index (χ0n) is 15.4. The molecule has 0 nitrogen and oxygen atoms in total. The van der Waals surface area contributed by atoms with E-state index < -0.39 is 0 Å². The molecular formula is C26H24. The molecule has 0 bridgehead atoms. The Hall–Kier alpha value is -2.60. The molecule has 128 valence electrons. The molecule has 0 saturated heterocycles. The van der Waals surface area contributed by atoms with E-state index in [1.165, 1.54) is 74.7 Å². The highest BCUT2D eigenvalue weighted by Gasteiger charge is 2.11. The fourth-order valence-electron chi connectivity index (χ4n) is 4.42. The first-order valence-electron chi connectivity index (χ1n) is 9.91. The fraction of sp³-hybridized carbons (Fsp3) is 0.231. The minimum absolute atomic E-state index is 1.07. The molecule has 0 aromatic heterocycles. The summed E-state index contributed by atoms with van der Waals surface area (Å²) in [7, 11) is 0. The van der Waals surface area contributed by atoms with Gasteiger partial charge in [0.25, 0.3) is 0 Å². The molecule has 0 aliphatic heterocycles. The first kappa shape index (κ1) is 15.6. The van der Waals surface area contributed by atoms with E-state index in [1.807, 2.05) is 0 Å². The van der Waals surface area contributed by atoms with Gasteiger partial charge in [-0.25, -0.2) is 0 Å². The summed E-state index contributed by atoms with van der Waals surface area (Å²) in [5.41, 5.74) is 4.33. The number of hydrogen-bond donors (Lipinski definition) is 0. The lowest BCUT2D eigenvalue weighted by atomic mass is 9.93. The van der Waals surface area contributed by atoms with Crippen LogP contribution in [0.1, 0.15) is 42.9 Å². The van der Waals surface area contributed by atoms with Gasteiger partial charge in [-0.1, -0.05) is 74.4 Å². The summed E-state index contributed by atoms with van der Waals surface area (Å²) in [6.07, 6.45) is 10.7. The van der Waals surface area contributed by atoms with E-state index in [4.69, 9.17) is 0 Å². The van der Waals surface area contributed by atoms with Crippen molar-refractivity contribution in [3.63, 3.8) is 0 Å². The average molecular weight is 336 g/mol. The van der Waals surface area contributed by atoms with Crippen LogP contribution in [0, 0.1) is 0 Å². The number of aryl methyl sites for hydroxylation is 1. The van der Waals surface area contributed by atoms with Crippen LogP contribution in [-0.4, -0.2) is 0 Å². The van der Waals surface area contributed by atoms with Crippen molar-refractivity contribution in [3.05, 3.63) is 77.4 Å². The summed E-state index contributed by atoms with van der Waals surface area (Å²) in [6, 6.07) is 21.0. The van der Waals surface area contributed by atoms with Crippen LogP contribution in [0.5, 0.6) is 0 Å². The molecule has 0 radical (unpaired) electrons. The first-order valence-corrected chi connectivity index (χ1v) is 9.91. The van der Waals surface area contributed by atoms with Gasteiger partial charge in [0.1, 0.15) is 0 Å². The molecular weight excluding hydrogens is 312 g/mol. The maximum Gasteiger partial charge on any atom is -0.00879 e. The van der Waals surface area contributed by atoms with Gasteiger partial charge in [-0.05, 0) is 80.4 Å². The summed E-state index contributed by atoms with van der Waals surface area (Å²) in [4.78, 5) is 0. The van der Waals surface area contributed by atoms with Gasteiger partial charge in [0, 0.05) is 0 Å². The first-order chi connectivity index (χ1) is 12.8. The Balaban J connectivity index is 1.67. The van der Waals surface area contributed by atoms with Gasteiger partial charge >= 0.3 is 0 Å². The van der Waals surface area contributed by atoms with Crippen LogP contribution >= 0.6 is 0 Å². The minimum Gasteiger partial charge on any atom is -0.0795 e. The summed E-state index contributed by atoms with van der Waals surface area (Å²) in [5.74, 6) is 0. The third kappa shape index (κ3) is 2.52. The molecule has 1 aliphatic carbocycles. The van der Waals surface area contributed by atoms with Crippen molar-refractivity contribution in [2.45, 2.75) is 39.0 Å². The molecule has 0 heteroatoms. The predicted octanol–water partition coefficient (Wildman–Crippen LogP) is 7.45. The highest BCUT2D eigenvalue weighted by atomic mass is 14.2. The lowest BCUT2D eigenvalue weighted by Crippen LogP contribution is -1.88. The van der Waals surface area contributed by atoms with Crippen molar-refractivity contribution >= 4 is 38.4 Å². The molecule has 0 amide bonds. The van der Waals surface area contributed by atoms with Crippen LogP contribution in [0.3, 0.4) is 0 Å². The Bertz CT molecular complexity index is 1160. The molecule has 0 fully saturated rings. The standard InChI is InChI=1S/C26H24/c1-2-3-4-6-18-9-10-20-17-26-21(16-22(20)15-18)12-14-24-23-8-5-7-19(23)11-13-25(24)26/h5,8-17H,2-4,6-7H2,1H3. The second-order valence-electron chi connectivity index (χ2n) is 7.62. The topological polar surface area (TPSA) is 0 Å². The molecule has 0 atom stereocenters. The van der Waals surface area contributed by atoms with Gasteiger partial charge in [0.05, 0.1) is 0 Å². The third-order valence-corrected chi connectivity index (χ3v) is 5.86. The van der Waals surface area contributed by atoms with E-state index in [0.29, 0.717) is 0 Å². The van der Waals surface area contributed by atoms with Crippen molar-refractivity contribution in [2.75, 3.05) is 0 Å². The quantitative estimate of drug-likeness (QED) is 0.206. The van der Waals surface area contributed by atoms with E-state index in [9.17, 15) is 0 Å². The molecule has 0 N–H and O–H groups in total. The van der Waals surface area contributed by atoms with Gasteiger partial charge in [0.2, 0.25) is 0 Å². The molecule has 4 aromatic rings. The number of benzene rings is 4. The van der Waals surface area contributed by atoms with Crippen LogP contribution < -0.4 is 0 Å². The number of rotatable bonds is 4. The highest BCUT2D eigenvalue weighted by molar-refractivity contribution is 6.14. The second kappa shape index (κ2) is 6.29. The van der Waals surface area contributed by atoms with E-state index in [1.54, 1.807) is 0 Å². The molecule has 4 aromatic carbocycles. The number of hydrogen-bond acceptors (Lipinski definition) is 0. The van der Waals surface area contributed by atoms with E-state index in [2.05, 4.69) is 73.7 Å². The van der Waals surface area contributed by atoms with Crippen LogP contribution in [0.2, 0.25) is 0 Å². The van der Waals surface area contributed by atoms with Crippen molar-refractivity contribution in [1.82, 2.24) is 0 Å². The van der Waals surface area contributed by atoms with Crippen molar-refractivity contribution in [3.8, 4) is 0 Å². The minimum atomic E-state index is 1.07. The van der Waals surface area contributed by atoms with Crippen LogP contribution in [0.4, 0.5) is 0 Å². The molecule has 1 aliphatic rings. The Morgan fingerprint density at radius 2 is 1.62 bits per heavy atom. The Labute approximate surface area is 155 Å². The smallest absolute Gasteiger partial charge is 0.00879 e. The predicted molar refractivity (Wildman–Crippen MR) is 115 cm³/mol. The van der Waals surface area contributed by atoms with Gasteiger partial charge in [-0.15, -0.1) is 0 Å². The summed E-state index contributed by atoms with van der Waals surface area (Å²) in [5, 5.41) is 8.20. The van der Waals surface area contributed by atoms with Gasteiger partial charge in [-0.2, -0.15) is 0 Å². The third-order valence-electron chi connectivity index (χ3n) is 5.86. The van der Waals surface area contributed by atoms with Crippen LogP contribution in [-0.2, 0) is 12.8 Å². The second-order valence-corrected chi connectivity index (χ2v) is 7.62.